The summed E-state index contributed by atoms with van der Waals surface area (Å²) in [6.45, 7) is 14.7. The molecule has 4 nitrogen and oxygen atoms in total. The molecule has 0 aromatic carbocycles. The normalized spacial score (nSPS) is 25.0. The van der Waals surface area contributed by atoms with Gasteiger partial charge in [0.1, 0.15) is 0 Å². The maximum atomic E-state index is 10.0. The average molecular weight is 258 g/mol. The molecule has 0 aromatic rings. The topological polar surface area (TPSA) is 44.7 Å². The van der Waals surface area contributed by atoms with Crippen LogP contribution in [0.1, 0.15) is 41.0 Å². The van der Waals surface area contributed by atoms with Crippen LogP contribution in [0.4, 0.5) is 0 Å². The quantitative estimate of drug-likeness (QED) is 0.704. The molecule has 0 aromatic heterocycles. The number of aliphatic hydroxyl groups excluding tert-OH is 1. The summed E-state index contributed by atoms with van der Waals surface area (Å²) in [7, 11) is 0. The van der Waals surface area contributed by atoms with E-state index in [1.54, 1.807) is 0 Å². The minimum Gasteiger partial charge on any atom is -0.390 e. The summed E-state index contributed by atoms with van der Waals surface area (Å²) in [5.41, 5.74) is -0.281. The van der Waals surface area contributed by atoms with Crippen molar-refractivity contribution in [1.29, 1.82) is 0 Å². The number of hydrogen-bond donors (Lipinski definition) is 2. The van der Waals surface area contributed by atoms with Crippen LogP contribution in [0, 0.1) is 0 Å². The number of nitrogens with zero attached hydrogens (tertiary/aromatic N) is 1. The van der Waals surface area contributed by atoms with Gasteiger partial charge in [-0.2, -0.15) is 0 Å². The Labute approximate surface area is 112 Å². The molecule has 1 aliphatic rings. The summed E-state index contributed by atoms with van der Waals surface area (Å²) in [6.07, 6.45) is 0.797. The van der Waals surface area contributed by atoms with Gasteiger partial charge in [0.05, 0.1) is 17.3 Å². The first-order valence-corrected chi connectivity index (χ1v) is 7.05. The highest BCUT2D eigenvalue weighted by atomic mass is 16.5. The van der Waals surface area contributed by atoms with E-state index in [9.17, 15) is 5.11 Å². The minimum absolute atomic E-state index is 0.141. The molecule has 0 amide bonds. The van der Waals surface area contributed by atoms with E-state index in [2.05, 4.69) is 44.8 Å². The van der Waals surface area contributed by atoms with Gasteiger partial charge in [0.2, 0.25) is 0 Å². The van der Waals surface area contributed by atoms with E-state index in [1.807, 2.05) is 0 Å². The van der Waals surface area contributed by atoms with Crippen LogP contribution in [-0.4, -0.2) is 60.0 Å². The van der Waals surface area contributed by atoms with Crippen molar-refractivity contribution in [2.24, 2.45) is 0 Å². The molecule has 1 unspecified atom stereocenters. The average Bonchev–Trinajstić information content (AvgIpc) is 2.12. The molecule has 0 spiro atoms. The Morgan fingerprint density at radius 1 is 1.22 bits per heavy atom. The zero-order chi connectivity index (χ0) is 13.8. The maximum absolute atomic E-state index is 10.0. The second-order valence-corrected chi connectivity index (χ2v) is 6.65. The standard InChI is InChI=1S/C14H30N2O2/c1-6-7-15-8-12(17)9-16-10-13(2,3)18-14(4,5)11-16/h12,15,17H,6-11H2,1-5H3. The highest BCUT2D eigenvalue weighted by Crippen LogP contribution is 2.27. The molecule has 1 heterocycles. The van der Waals surface area contributed by atoms with Gasteiger partial charge in [-0.05, 0) is 40.7 Å². The number of rotatable bonds is 6. The molecule has 108 valence electrons. The molecule has 18 heavy (non-hydrogen) atoms. The van der Waals surface area contributed by atoms with Crippen LogP contribution in [0.2, 0.25) is 0 Å². The first-order valence-electron chi connectivity index (χ1n) is 7.05. The van der Waals surface area contributed by atoms with E-state index in [-0.39, 0.29) is 17.3 Å². The Kier molecular flexibility index (Phi) is 5.59. The van der Waals surface area contributed by atoms with Gasteiger partial charge in [0, 0.05) is 26.2 Å². The van der Waals surface area contributed by atoms with Crippen molar-refractivity contribution >= 4 is 0 Å². The summed E-state index contributed by atoms with van der Waals surface area (Å²) in [4.78, 5) is 2.31. The first kappa shape index (κ1) is 15.9. The van der Waals surface area contributed by atoms with Crippen molar-refractivity contribution in [3.63, 3.8) is 0 Å². The van der Waals surface area contributed by atoms with Gasteiger partial charge in [-0.1, -0.05) is 6.92 Å². The van der Waals surface area contributed by atoms with E-state index >= 15 is 0 Å². The number of aliphatic hydroxyl groups is 1. The highest BCUT2D eigenvalue weighted by Gasteiger charge is 2.38. The number of nitrogens with one attached hydrogen (secondary N) is 1. The Bertz CT molecular complexity index is 238. The van der Waals surface area contributed by atoms with Crippen LogP contribution < -0.4 is 5.32 Å². The van der Waals surface area contributed by atoms with Gasteiger partial charge in [-0.15, -0.1) is 0 Å². The maximum Gasteiger partial charge on any atom is 0.0791 e. The van der Waals surface area contributed by atoms with Gasteiger partial charge in [-0.25, -0.2) is 0 Å². The highest BCUT2D eigenvalue weighted by molar-refractivity contribution is 4.89. The molecular formula is C14H30N2O2. The van der Waals surface area contributed by atoms with Crippen molar-refractivity contribution in [3.8, 4) is 0 Å². The third-order valence-corrected chi connectivity index (χ3v) is 3.04. The minimum atomic E-state index is -0.304. The molecule has 1 saturated heterocycles. The molecule has 0 saturated carbocycles. The fraction of sp³-hybridized carbons (Fsp3) is 1.00. The van der Waals surface area contributed by atoms with E-state index < -0.39 is 0 Å². The number of ether oxygens (including phenoxy) is 1. The number of β-amino-alcohol motifs (C(OH)–C–C–N with tert-alkyl or cyclic N) is 1. The lowest BCUT2D eigenvalue weighted by Crippen LogP contribution is -2.58. The molecule has 1 aliphatic heterocycles. The number of morpholine rings is 1. The molecular weight excluding hydrogens is 228 g/mol. The Balaban J connectivity index is 2.41. The fourth-order valence-corrected chi connectivity index (χ4v) is 2.88. The van der Waals surface area contributed by atoms with E-state index in [4.69, 9.17) is 4.74 Å². The summed E-state index contributed by atoms with van der Waals surface area (Å²) >= 11 is 0. The molecule has 4 heteroatoms. The zero-order valence-corrected chi connectivity index (χ0v) is 12.6. The lowest BCUT2D eigenvalue weighted by Gasteiger charge is -2.47. The van der Waals surface area contributed by atoms with Gasteiger partial charge in [0.15, 0.2) is 0 Å². The van der Waals surface area contributed by atoms with E-state index in [0.717, 1.165) is 26.1 Å². The van der Waals surface area contributed by atoms with E-state index in [0.29, 0.717) is 13.1 Å². The van der Waals surface area contributed by atoms with Gasteiger partial charge in [0.25, 0.3) is 0 Å². The monoisotopic (exact) mass is 258 g/mol. The molecule has 1 fully saturated rings. The summed E-state index contributed by atoms with van der Waals surface area (Å²) in [5, 5.41) is 13.3. The first-order chi connectivity index (χ1) is 8.24. The van der Waals surface area contributed by atoms with Gasteiger partial charge < -0.3 is 15.2 Å². The lowest BCUT2D eigenvalue weighted by atomic mass is 9.98. The molecule has 0 bridgehead atoms. The predicted octanol–water partition coefficient (Wildman–Crippen LogP) is 1.24. The van der Waals surface area contributed by atoms with Crippen molar-refractivity contribution in [1.82, 2.24) is 10.2 Å². The van der Waals surface area contributed by atoms with Crippen molar-refractivity contribution in [2.45, 2.75) is 58.3 Å². The van der Waals surface area contributed by atoms with Crippen LogP contribution >= 0.6 is 0 Å². The number of hydrogen-bond acceptors (Lipinski definition) is 4. The van der Waals surface area contributed by atoms with Crippen molar-refractivity contribution < 1.29 is 9.84 Å². The van der Waals surface area contributed by atoms with Crippen LogP contribution in [-0.2, 0) is 4.74 Å². The molecule has 2 N–H and O–H groups in total. The van der Waals surface area contributed by atoms with Gasteiger partial charge in [-0.3, -0.25) is 4.90 Å². The lowest BCUT2D eigenvalue weighted by molar-refractivity contribution is -0.183. The summed E-state index contributed by atoms with van der Waals surface area (Å²) < 4.78 is 6.03. The summed E-state index contributed by atoms with van der Waals surface area (Å²) in [5.74, 6) is 0. The van der Waals surface area contributed by atoms with Crippen LogP contribution in [0.25, 0.3) is 0 Å². The largest absolute Gasteiger partial charge is 0.390 e. The third kappa shape index (κ3) is 5.65. The zero-order valence-electron chi connectivity index (χ0n) is 12.6. The molecule has 0 aliphatic carbocycles. The fourth-order valence-electron chi connectivity index (χ4n) is 2.88. The Morgan fingerprint density at radius 2 is 1.78 bits per heavy atom. The Morgan fingerprint density at radius 3 is 2.28 bits per heavy atom. The predicted molar refractivity (Wildman–Crippen MR) is 74.9 cm³/mol. The van der Waals surface area contributed by atoms with Crippen LogP contribution in [0.3, 0.4) is 0 Å². The molecule has 1 atom stereocenters. The van der Waals surface area contributed by atoms with Gasteiger partial charge >= 0.3 is 0 Å². The van der Waals surface area contributed by atoms with Crippen molar-refractivity contribution in [3.05, 3.63) is 0 Å². The molecule has 0 radical (unpaired) electrons. The Hall–Kier alpha value is -0.160. The third-order valence-electron chi connectivity index (χ3n) is 3.04. The second kappa shape index (κ2) is 6.33. The summed E-state index contributed by atoms with van der Waals surface area (Å²) in [6, 6.07) is 0. The SMILES string of the molecule is CCCNCC(O)CN1CC(C)(C)OC(C)(C)C1. The van der Waals surface area contributed by atoms with Crippen molar-refractivity contribution in [2.75, 3.05) is 32.7 Å². The molecule has 1 rings (SSSR count). The van der Waals surface area contributed by atoms with Crippen LogP contribution in [0.15, 0.2) is 0 Å². The second-order valence-electron chi connectivity index (χ2n) is 6.65. The van der Waals surface area contributed by atoms with E-state index in [1.165, 1.54) is 0 Å². The van der Waals surface area contributed by atoms with Crippen LogP contribution in [0.5, 0.6) is 0 Å². The smallest absolute Gasteiger partial charge is 0.0791 e.